The van der Waals surface area contributed by atoms with Crippen LogP contribution in [0.1, 0.15) is 25.8 Å². The molecule has 0 saturated heterocycles. The molecule has 0 fully saturated rings. The van der Waals surface area contributed by atoms with Crippen LogP contribution in [-0.2, 0) is 9.98 Å². The molecule has 2 rings (SSSR count). The summed E-state index contributed by atoms with van der Waals surface area (Å²) in [6.07, 6.45) is 0.280. The third-order valence-electron chi connectivity index (χ3n) is 3.43. The van der Waals surface area contributed by atoms with Gasteiger partial charge in [0.2, 0.25) is 0 Å². The van der Waals surface area contributed by atoms with Crippen LogP contribution in [0.4, 0.5) is 5.69 Å². The summed E-state index contributed by atoms with van der Waals surface area (Å²) < 4.78 is 11.0. The molecule has 92 valence electrons. The van der Waals surface area contributed by atoms with E-state index in [9.17, 15) is 4.57 Å². The second-order valence-electron chi connectivity index (χ2n) is 4.61. The molecule has 0 radical (unpaired) electrons. The molecule has 1 unspecified atom stereocenters. The van der Waals surface area contributed by atoms with Gasteiger partial charge in [-0.05, 0) is 24.4 Å². The molecule has 1 aliphatic heterocycles. The Bertz CT molecular complexity index is 526. The standard InChI is InChI=1S/C12H15NO3P.K/c1-9-12(2,7-8-17(14,15)16)10-5-3-4-6-11(10)13-9;/h4-6H,7-8H2,1-2H3,(H2,14,15,16);/q-1;+1. The topological polar surface area (TPSA) is 69.9 Å². The molecule has 0 saturated carbocycles. The van der Waals surface area contributed by atoms with Crippen LogP contribution in [0.15, 0.2) is 23.2 Å². The molecular weight excluding hydrogens is 276 g/mol. The molecule has 0 aliphatic carbocycles. The van der Waals surface area contributed by atoms with Crippen molar-refractivity contribution >= 4 is 19.0 Å². The average molecular weight is 291 g/mol. The van der Waals surface area contributed by atoms with E-state index >= 15 is 0 Å². The third kappa shape index (κ3) is 3.41. The summed E-state index contributed by atoms with van der Waals surface area (Å²) in [5, 5.41) is 0. The Morgan fingerprint density at radius 2 is 2.17 bits per heavy atom. The van der Waals surface area contributed by atoms with Crippen LogP contribution in [0.3, 0.4) is 0 Å². The Morgan fingerprint density at radius 3 is 2.78 bits per heavy atom. The molecule has 18 heavy (non-hydrogen) atoms. The summed E-state index contributed by atoms with van der Waals surface area (Å²) in [6.45, 7) is 3.88. The number of aliphatic imine (C=N–C) groups is 1. The van der Waals surface area contributed by atoms with Crippen LogP contribution in [-0.4, -0.2) is 21.7 Å². The Balaban J connectivity index is 0.00000162. The predicted molar refractivity (Wildman–Crippen MR) is 66.9 cm³/mol. The minimum Gasteiger partial charge on any atom is -0.324 e. The fraction of sp³-hybridized carbons (Fsp3) is 0.417. The van der Waals surface area contributed by atoms with Crippen LogP contribution in [0.5, 0.6) is 0 Å². The fourth-order valence-electron chi connectivity index (χ4n) is 2.15. The molecule has 1 aromatic carbocycles. The normalized spacial score (nSPS) is 22.1. The van der Waals surface area contributed by atoms with Crippen molar-refractivity contribution in [1.82, 2.24) is 0 Å². The molecular formula is C12H15KNO3P. The quantitative estimate of drug-likeness (QED) is 0.445. The number of rotatable bonds is 3. The van der Waals surface area contributed by atoms with Gasteiger partial charge in [-0.15, -0.1) is 11.6 Å². The number of nitrogens with zero attached hydrogens (tertiary/aromatic N) is 1. The van der Waals surface area contributed by atoms with Gasteiger partial charge in [0.15, 0.2) is 0 Å². The smallest absolute Gasteiger partial charge is 0.324 e. The summed E-state index contributed by atoms with van der Waals surface area (Å²) in [7, 11) is -3.96. The van der Waals surface area contributed by atoms with Gasteiger partial charge in [0.1, 0.15) is 0 Å². The van der Waals surface area contributed by atoms with Gasteiger partial charge in [-0.25, -0.2) is 0 Å². The van der Waals surface area contributed by atoms with E-state index in [-0.39, 0.29) is 63.0 Å². The first kappa shape index (κ1) is 16.7. The zero-order valence-electron chi connectivity index (χ0n) is 10.8. The molecule has 0 amide bonds. The Kier molecular flexibility index (Phi) is 5.56. The van der Waals surface area contributed by atoms with Gasteiger partial charge in [-0.2, -0.15) is 18.2 Å². The van der Waals surface area contributed by atoms with E-state index < -0.39 is 7.60 Å². The number of hydrogen-bond acceptors (Lipinski definition) is 2. The van der Waals surface area contributed by atoms with Gasteiger partial charge in [0.05, 0.1) is 6.16 Å². The molecule has 0 bridgehead atoms. The zero-order valence-corrected chi connectivity index (χ0v) is 14.9. The molecule has 0 spiro atoms. The van der Waals surface area contributed by atoms with Crippen molar-refractivity contribution in [2.24, 2.45) is 4.99 Å². The Labute approximate surface area is 149 Å². The molecule has 0 aromatic heterocycles. The van der Waals surface area contributed by atoms with E-state index in [1.54, 1.807) is 6.07 Å². The molecule has 1 aliphatic rings. The van der Waals surface area contributed by atoms with Crippen LogP contribution < -0.4 is 51.4 Å². The maximum Gasteiger partial charge on any atom is 1.00 e. The van der Waals surface area contributed by atoms with Gasteiger partial charge in [0.25, 0.3) is 0 Å². The van der Waals surface area contributed by atoms with Crippen LogP contribution in [0.25, 0.3) is 0 Å². The summed E-state index contributed by atoms with van der Waals surface area (Å²) in [4.78, 5) is 22.4. The molecule has 1 atom stereocenters. The third-order valence-corrected chi connectivity index (χ3v) is 4.23. The monoisotopic (exact) mass is 291 g/mol. The van der Waals surface area contributed by atoms with Crippen LogP contribution in [0.2, 0.25) is 0 Å². The molecule has 6 heteroatoms. The van der Waals surface area contributed by atoms with Gasteiger partial charge in [-0.1, -0.05) is 6.92 Å². The Hall–Kier alpha value is 0.676. The van der Waals surface area contributed by atoms with Crippen LogP contribution in [0, 0.1) is 6.07 Å². The van der Waals surface area contributed by atoms with E-state index in [2.05, 4.69) is 11.1 Å². The van der Waals surface area contributed by atoms with Gasteiger partial charge < -0.3 is 9.79 Å². The number of benzene rings is 1. The summed E-state index contributed by atoms with van der Waals surface area (Å²) >= 11 is 0. The van der Waals surface area contributed by atoms with Crippen molar-refractivity contribution in [3.63, 3.8) is 0 Å². The Morgan fingerprint density at radius 1 is 1.50 bits per heavy atom. The maximum atomic E-state index is 11.0. The largest absolute Gasteiger partial charge is 1.00 e. The summed E-state index contributed by atoms with van der Waals surface area (Å²) in [6, 6.07) is 8.53. The second kappa shape index (κ2) is 5.98. The molecule has 4 nitrogen and oxygen atoms in total. The van der Waals surface area contributed by atoms with Crippen molar-refractivity contribution in [1.29, 1.82) is 0 Å². The van der Waals surface area contributed by atoms with Gasteiger partial charge >= 0.3 is 59.0 Å². The molecule has 1 aromatic rings. The molecule has 2 N–H and O–H groups in total. The van der Waals surface area contributed by atoms with E-state index in [0.29, 0.717) is 6.42 Å². The van der Waals surface area contributed by atoms with Crippen molar-refractivity contribution in [3.05, 3.63) is 29.8 Å². The van der Waals surface area contributed by atoms with Crippen molar-refractivity contribution < 1.29 is 65.7 Å². The van der Waals surface area contributed by atoms with Gasteiger partial charge in [0, 0.05) is 5.71 Å². The van der Waals surface area contributed by atoms with Crippen molar-refractivity contribution in [2.45, 2.75) is 25.7 Å². The predicted octanol–water partition coefficient (Wildman–Crippen LogP) is -0.578. The van der Waals surface area contributed by atoms with Crippen molar-refractivity contribution in [3.8, 4) is 0 Å². The second-order valence-corrected chi connectivity index (χ2v) is 6.39. The SMILES string of the molecule is CC1=Nc2cc[c-]cc2C1(C)CCP(=O)(O)O.[K+]. The maximum absolute atomic E-state index is 11.0. The first-order chi connectivity index (χ1) is 7.83. The van der Waals surface area contributed by atoms with E-state index in [1.807, 2.05) is 26.0 Å². The first-order valence-electron chi connectivity index (χ1n) is 5.44. The van der Waals surface area contributed by atoms with E-state index in [1.165, 1.54) is 0 Å². The number of hydrogen-bond donors (Lipinski definition) is 2. The average Bonchev–Trinajstić information content (AvgIpc) is 2.49. The summed E-state index contributed by atoms with van der Waals surface area (Å²) in [5.74, 6) is 0. The molecule has 1 heterocycles. The van der Waals surface area contributed by atoms with Gasteiger partial charge in [-0.3, -0.25) is 9.56 Å². The number of fused-ring (bicyclic) bond motifs is 1. The zero-order chi connectivity index (χ0) is 12.7. The first-order valence-corrected chi connectivity index (χ1v) is 7.24. The van der Waals surface area contributed by atoms with E-state index in [4.69, 9.17) is 9.79 Å². The minimum absolute atomic E-state index is 0. The minimum atomic E-state index is -3.96. The van der Waals surface area contributed by atoms with Crippen LogP contribution >= 0.6 is 7.60 Å². The summed E-state index contributed by atoms with van der Waals surface area (Å²) in [5.41, 5.74) is 2.41. The van der Waals surface area contributed by atoms with Crippen molar-refractivity contribution in [2.75, 3.05) is 6.16 Å². The fourth-order valence-corrected chi connectivity index (χ4v) is 2.88. The van der Waals surface area contributed by atoms with E-state index in [0.717, 1.165) is 17.0 Å².